The summed E-state index contributed by atoms with van der Waals surface area (Å²) in [5.41, 5.74) is 2.79. The molecule has 0 unspecified atom stereocenters. The lowest BCUT2D eigenvalue weighted by atomic mass is 10.3. The van der Waals surface area contributed by atoms with Crippen LogP contribution in [0.2, 0.25) is 0 Å². The minimum Gasteiger partial charge on any atom is -0.324 e. The highest BCUT2D eigenvalue weighted by molar-refractivity contribution is 7.89. The molecule has 1 heterocycles. The van der Waals surface area contributed by atoms with E-state index in [-0.39, 0.29) is 12.2 Å². The van der Waals surface area contributed by atoms with Crippen LogP contribution in [0.4, 0.5) is 11.4 Å². The molecule has 0 bridgehead atoms. The maximum Gasteiger partial charge on any atom is 0.289 e. The standard InChI is InChI=1S/C11H12N4O4S2/c12-14-9-1-2-10(15(16)17)11(5-9)21(18,19)13-6-8-3-4-20-7-8/h1-5,7,13-14H,6,12H2. The maximum atomic E-state index is 12.2. The van der Waals surface area contributed by atoms with E-state index in [9.17, 15) is 18.5 Å². The molecule has 10 heteroatoms. The van der Waals surface area contributed by atoms with Crippen LogP contribution in [-0.2, 0) is 16.6 Å². The van der Waals surface area contributed by atoms with E-state index < -0.39 is 25.5 Å². The van der Waals surface area contributed by atoms with Gasteiger partial charge in [-0.15, -0.1) is 0 Å². The number of nitrogen functional groups attached to an aromatic ring is 1. The van der Waals surface area contributed by atoms with Crippen LogP contribution >= 0.6 is 11.3 Å². The Morgan fingerprint density at radius 1 is 1.33 bits per heavy atom. The van der Waals surface area contributed by atoms with Crippen molar-refractivity contribution in [2.45, 2.75) is 11.4 Å². The SMILES string of the molecule is NNc1ccc([N+](=O)[O-])c(S(=O)(=O)NCc2ccsc2)c1. The second-order valence-electron chi connectivity index (χ2n) is 4.04. The number of nitrogens with zero attached hydrogens (tertiary/aromatic N) is 1. The first-order valence-corrected chi connectivity index (χ1v) is 8.12. The summed E-state index contributed by atoms with van der Waals surface area (Å²) in [6.45, 7) is 0.0588. The maximum absolute atomic E-state index is 12.2. The number of hydrogen-bond donors (Lipinski definition) is 3. The van der Waals surface area contributed by atoms with Crippen molar-refractivity contribution in [2.75, 3.05) is 5.43 Å². The number of nitrogens with two attached hydrogens (primary N) is 1. The van der Waals surface area contributed by atoms with Crippen LogP contribution < -0.4 is 16.0 Å². The number of hydrazine groups is 1. The minimum absolute atomic E-state index is 0.0588. The van der Waals surface area contributed by atoms with Crippen LogP contribution in [0.3, 0.4) is 0 Å². The lowest BCUT2D eigenvalue weighted by Gasteiger charge is -2.08. The van der Waals surface area contributed by atoms with Crippen LogP contribution in [-0.4, -0.2) is 13.3 Å². The van der Waals surface area contributed by atoms with Crippen LogP contribution in [0.15, 0.2) is 39.9 Å². The van der Waals surface area contributed by atoms with Gasteiger partial charge in [-0.05, 0) is 34.5 Å². The van der Waals surface area contributed by atoms with Crippen molar-refractivity contribution in [1.29, 1.82) is 0 Å². The van der Waals surface area contributed by atoms with Crippen LogP contribution in [0.5, 0.6) is 0 Å². The van der Waals surface area contributed by atoms with Gasteiger partial charge < -0.3 is 5.43 Å². The van der Waals surface area contributed by atoms with Gasteiger partial charge in [-0.25, -0.2) is 13.1 Å². The third-order valence-electron chi connectivity index (χ3n) is 2.66. The Morgan fingerprint density at radius 2 is 2.10 bits per heavy atom. The van der Waals surface area contributed by atoms with Gasteiger partial charge in [0.2, 0.25) is 10.0 Å². The number of nitro benzene ring substituents is 1. The van der Waals surface area contributed by atoms with Crippen molar-refractivity contribution < 1.29 is 13.3 Å². The summed E-state index contributed by atoms with van der Waals surface area (Å²) in [4.78, 5) is 9.78. The Balaban J connectivity index is 2.35. The molecule has 2 aromatic rings. The van der Waals surface area contributed by atoms with E-state index in [4.69, 9.17) is 5.84 Å². The number of anilines is 1. The summed E-state index contributed by atoms with van der Waals surface area (Å²) in [5, 5.41) is 14.6. The molecule has 8 nitrogen and oxygen atoms in total. The highest BCUT2D eigenvalue weighted by Crippen LogP contribution is 2.26. The first kappa shape index (κ1) is 15.4. The van der Waals surface area contributed by atoms with E-state index in [0.29, 0.717) is 0 Å². The fourth-order valence-corrected chi connectivity index (χ4v) is 3.50. The molecule has 4 N–H and O–H groups in total. The van der Waals surface area contributed by atoms with Gasteiger partial charge in [0.25, 0.3) is 5.69 Å². The van der Waals surface area contributed by atoms with Crippen molar-refractivity contribution in [3.8, 4) is 0 Å². The summed E-state index contributed by atoms with van der Waals surface area (Å²) >= 11 is 1.43. The number of nitrogens with one attached hydrogen (secondary N) is 2. The van der Waals surface area contributed by atoms with E-state index in [1.807, 2.05) is 5.38 Å². The average Bonchev–Trinajstić information content (AvgIpc) is 2.98. The third kappa shape index (κ3) is 3.55. The van der Waals surface area contributed by atoms with Gasteiger partial charge in [0.05, 0.1) is 10.6 Å². The Morgan fingerprint density at radius 3 is 2.67 bits per heavy atom. The quantitative estimate of drug-likeness (QED) is 0.418. The third-order valence-corrected chi connectivity index (χ3v) is 4.82. The van der Waals surface area contributed by atoms with E-state index in [1.165, 1.54) is 17.4 Å². The Hall–Kier alpha value is -2.01. The first-order valence-electron chi connectivity index (χ1n) is 5.70. The molecule has 112 valence electrons. The van der Waals surface area contributed by atoms with E-state index in [2.05, 4.69) is 10.1 Å². The van der Waals surface area contributed by atoms with Crippen molar-refractivity contribution in [1.82, 2.24) is 4.72 Å². The molecule has 21 heavy (non-hydrogen) atoms. The van der Waals surface area contributed by atoms with Gasteiger partial charge >= 0.3 is 0 Å². The monoisotopic (exact) mass is 328 g/mol. The van der Waals surface area contributed by atoms with Crippen LogP contribution in [0.1, 0.15) is 5.56 Å². The average molecular weight is 328 g/mol. The molecule has 2 rings (SSSR count). The van der Waals surface area contributed by atoms with E-state index in [0.717, 1.165) is 17.7 Å². The number of thiophene rings is 1. The lowest BCUT2D eigenvalue weighted by Crippen LogP contribution is -2.24. The molecular formula is C11H12N4O4S2. The highest BCUT2D eigenvalue weighted by atomic mass is 32.2. The molecule has 0 atom stereocenters. The summed E-state index contributed by atoms with van der Waals surface area (Å²) in [5.74, 6) is 5.21. The van der Waals surface area contributed by atoms with Crippen molar-refractivity contribution in [3.05, 3.63) is 50.7 Å². The summed E-state index contributed by atoms with van der Waals surface area (Å²) in [7, 11) is -4.03. The zero-order chi connectivity index (χ0) is 15.5. The molecule has 0 fully saturated rings. The molecule has 0 aliphatic carbocycles. The van der Waals surface area contributed by atoms with Crippen molar-refractivity contribution in [2.24, 2.45) is 5.84 Å². The van der Waals surface area contributed by atoms with Crippen LogP contribution in [0, 0.1) is 10.1 Å². The molecular weight excluding hydrogens is 316 g/mol. The molecule has 0 radical (unpaired) electrons. The van der Waals surface area contributed by atoms with Gasteiger partial charge in [-0.3, -0.25) is 16.0 Å². The molecule has 1 aromatic heterocycles. The van der Waals surface area contributed by atoms with Gasteiger partial charge in [-0.2, -0.15) is 11.3 Å². The zero-order valence-electron chi connectivity index (χ0n) is 10.6. The molecule has 0 amide bonds. The van der Waals surface area contributed by atoms with Crippen LogP contribution in [0.25, 0.3) is 0 Å². The molecule has 0 saturated carbocycles. The van der Waals surface area contributed by atoms with Crippen molar-refractivity contribution >= 4 is 32.7 Å². The normalized spacial score (nSPS) is 11.3. The minimum atomic E-state index is -4.03. The Kier molecular flexibility index (Phi) is 4.53. The van der Waals surface area contributed by atoms with E-state index >= 15 is 0 Å². The number of benzene rings is 1. The predicted octanol–water partition coefficient (Wildman–Crippen LogP) is 1.42. The summed E-state index contributed by atoms with van der Waals surface area (Å²) in [6.07, 6.45) is 0. The number of sulfonamides is 1. The molecule has 0 aliphatic rings. The topological polar surface area (TPSA) is 127 Å². The second-order valence-corrected chi connectivity index (χ2v) is 6.56. The van der Waals surface area contributed by atoms with Gasteiger partial charge in [0.1, 0.15) is 0 Å². The molecule has 1 aromatic carbocycles. The van der Waals surface area contributed by atoms with Gasteiger partial charge in [-0.1, -0.05) is 0 Å². The Bertz CT molecular complexity index is 744. The summed E-state index contributed by atoms with van der Waals surface area (Å²) in [6, 6.07) is 5.30. The number of hydrogen-bond acceptors (Lipinski definition) is 7. The molecule has 0 aliphatic heterocycles. The molecule has 0 spiro atoms. The van der Waals surface area contributed by atoms with Gasteiger partial charge in [0.15, 0.2) is 4.90 Å². The largest absolute Gasteiger partial charge is 0.324 e. The van der Waals surface area contributed by atoms with Gasteiger partial charge in [0, 0.05) is 12.6 Å². The van der Waals surface area contributed by atoms with Crippen molar-refractivity contribution in [3.63, 3.8) is 0 Å². The predicted molar refractivity (Wildman–Crippen MR) is 79.3 cm³/mol. The lowest BCUT2D eigenvalue weighted by molar-refractivity contribution is -0.387. The Labute approximate surface area is 124 Å². The first-order chi connectivity index (χ1) is 9.94. The highest BCUT2D eigenvalue weighted by Gasteiger charge is 2.26. The second kappa shape index (κ2) is 6.18. The smallest absolute Gasteiger partial charge is 0.289 e. The molecule has 0 saturated heterocycles. The number of rotatable bonds is 6. The fourth-order valence-electron chi connectivity index (χ4n) is 1.62. The zero-order valence-corrected chi connectivity index (χ0v) is 12.3. The van der Waals surface area contributed by atoms with E-state index in [1.54, 1.807) is 11.4 Å². The summed E-state index contributed by atoms with van der Waals surface area (Å²) < 4.78 is 26.8. The fraction of sp³-hybridized carbons (Fsp3) is 0.0909. The number of nitro groups is 1.